The van der Waals surface area contributed by atoms with E-state index in [1.807, 2.05) is 0 Å². The lowest BCUT2D eigenvalue weighted by Gasteiger charge is -2.30. The highest BCUT2D eigenvalue weighted by atomic mass is 35.5. The van der Waals surface area contributed by atoms with Gasteiger partial charge in [0.2, 0.25) is 0 Å². The molecule has 0 aliphatic carbocycles. The molecular weight excluding hydrogens is 334 g/mol. The Labute approximate surface area is 138 Å². The molecule has 21 heavy (non-hydrogen) atoms. The molecule has 1 atom stereocenters. The zero-order valence-electron chi connectivity index (χ0n) is 11.1. The van der Waals surface area contributed by atoms with E-state index in [0.717, 1.165) is 0 Å². The standard InChI is InChI=1S/C16H14Cl3FO/c17-9-1-8-16(21,11-2-5-13(20)6-3-11)14-7-4-12(18)10-15(14)19/h2-7,10,21H,1,8-9H2. The number of benzene rings is 2. The van der Waals surface area contributed by atoms with Crippen LogP contribution in [0.15, 0.2) is 42.5 Å². The molecule has 112 valence electrons. The van der Waals surface area contributed by atoms with Crippen molar-refractivity contribution in [1.82, 2.24) is 0 Å². The second kappa shape index (κ2) is 6.97. The lowest BCUT2D eigenvalue weighted by molar-refractivity contribution is 0.0704. The van der Waals surface area contributed by atoms with Crippen LogP contribution in [-0.2, 0) is 5.60 Å². The van der Waals surface area contributed by atoms with E-state index < -0.39 is 5.60 Å². The highest BCUT2D eigenvalue weighted by molar-refractivity contribution is 6.35. The van der Waals surface area contributed by atoms with Crippen molar-refractivity contribution < 1.29 is 9.50 Å². The Morgan fingerprint density at radius 3 is 2.29 bits per heavy atom. The molecule has 0 amide bonds. The Bertz CT molecular complexity index is 615. The van der Waals surface area contributed by atoms with Crippen molar-refractivity contribution in [3.05, 3.63) is 69.5 Å². The van der Waals surface area contributed by atoms with Crippen LogP contribution in [0.4, 0.5) is 4.39 Å². The van der Waals surface area contributed by atoms with Crippen LogP contribution in [0.5, 0.6) is 0 Å². The molecular formula is C16H14Cl3FO. The van der Waals surface area contributed by atoms with Gasteiger partial charge in [-0.25, -0.2) is 4.39 Å². The normalized spacial score (nSPS) is 14.0. The minimum Gasteiger partial charge on any atom is -0.380 e. The number of hydrogen-bond donors (Lipinski definition) is 1. The summed E-state index contributed by atoms with van der Waals surface area (Å²) >= 11 is 17.9. The van der Waals surface area contributed by atoms with E-state index in [1.165, 1.54) is 12.1 Å². The maximum absolute atomic E-state index is 13.1. The summed E-state index contributed by atoms with van der Waals surface area (Å²) in [5.41, 5.74) is -0.229. The van der Waals surface area contributed by atoms with Crippen LogP contribution in [0.2, 0.25) is 10.0 Å². The highest BCUT2D eigenvalue weighted by Crippen LogP contribution is 2.39. The molecule has 0 radical (unpaired) electrons. The Balaban J connectivity index is 2.52. The molecule has 1 nitrogen and oxygen atoms in total. The van der Waals surface area contributed by atoms with Gasteiger partial charge in [0, 0.05) is 21.5 Å². The molecule has 2 rings (SSSR count). The summed E-state index contributed by atoms with van der Waals surface area (Å²) in [4.78, 5) is 0. The third kappa shape index (κ3) is 3.70. The number of rotatable bonds is 5. The Hall–Kier alpha value is -0.800. The van der Waals surface area contributed by atoms with Crippen molar-refractivity contribution in [3.8, 4) is 0 Å². The smallest absolute Gasteiger partial charge is 0.123 e. The van der Waals surface area contributed by atoms with Crippen molar-refractivity contribution >= 4 is 34.8 Å². The fourth-order valence-corrected chi connectivity index (χ4v) is 3.01. The Kier molecular flexibility index (Phi) is 5.50. The van der Waals surface area contributed by atoms with E-state index in [2.05, 4.69) is 0 Å². The van der Waals surface area contributed by atoms with Crippen molar-refractivity contribution in [2.75, 3.05) is 5.88 Å². The number of aliphatic hydroxyl groups is 1. The van der Waals surface area contributed by atoms with Crippen LogP contribution in [0, 0.1) is 5.82 Å². The maximum Gasteiger partial charge on any atom is 0.123 e. The van der Waals surface area contributed by atoms with Crippen LogP contribution >= 0.6 is 34.8 Å². The molecule has 2 aromatic carbocycles. The van der Waals surface area contributed by atoms with E-state index in [4.69, 9.17) is 34.8 Å². The zero-order chi connectivity index (χ0) is 15.5. The third-order valence-corrected chi connectivity index (χ3v) is 4.19. The van der Waals surface area contributed by atoms with Gasteiger partial charge in [-0.05, 0) is 42.7 Å². The summed E-state index contributed by atoms with van der Waals surface area (Å²) < 4.78 is 13.1. The Morgan fingerprint density at radius 2 is 1.71 bits per heavy atom. The van der Waals surface area contributed by atoms with E-state index in [-0.39, 0.29) is 5.82 Å². The van der Waals surface area contributed by atoms with Gasteiger partial charge >= 0.3 is 0 Å². The molecule has 5 heteroatoms. The fraction of sp³-hybridized carbons (Fsp3) is 0.250. The predicted molar refractivity (Wildman–Crippen MR) is 85.8 cm³/mol. The first kappa shape index (κ1) is 16.6. The van der Waals surface area contributed by atoms with Crippen LogP contribution in [-0.4, -0.2) is 11.0 Å². The van der Waals surface area contributed by atoms with Crippen LogP contribution in [0.1, 0.15) is 24.0 Å². The molecule has 0 saturated heterocycles. The van der Waals surface area contributed by atoms with Gasteiger partial charge in [0.25, 0.3) is 0 Å². The van der Waals surface area contributed by atoms with E-state index in [0.29, 0.717) is 39.9 Å². The van der Waals surface area contributed by atoms with Gasteiger partial charge in [0.15, 0.2) is 0 Å². The lowest BCUT2D eigenvalue weighted by Crippen LogP contribution is -2.28. The summed E-state index contributed by atoms with van der Waals surface area (Å²) in [7, 11) is 0. The number of alkyl halides is 1. The maximum atomic E-state index is 13.1. The van der Waals surface area contributed by atoms with Gasteiger partial charge in [-0.1, -0.05) is 41.4 Å². The first-order valence-corrected chi connectivity index (χ1v) is 7.76. The van der Waals surface area contributed by atoms with Crippen molar-refractivity contribution in [1.29, 1.82) is 0 Å². The first-order valence-electron chi connectivity index (χ1n) is 6.47. The molecule has 0 aliphatic heterocycles. The molecule has 0 aromatic heterocycles. The largest absolute Gasteiger partial charge is 0.380 e. The molecule has 0 saturated carbocycles. The van der Waals surface area contributed by atoms with E-state index >= 15 is 0 Å². The van der Waals surface area contributed by atoms with Gasteiger partial charge in [0.05, 0.1) is 0 Å². The minimum atomic E-state index is -1.33. The molecule has 0 aliphatic rings. The minimum absolute atomic E-state index is 0.361. The highest BCUT2D eigenvalue weighted by Gasteiger charge is 2.33. The van der Waals surface area contributed by atoms with Crippen molar-refractivity contribution in [2.24, 2.45) is 0 Å². The second-order valence-electron chi connectivity index (χ2n) is 4.78. The van der Waals surface area contributed by atoms with Crippen molar-refractivity contribution in [2.45, 2.75) is 18.4 Å². The monoisotopic (exact) mass is 346 g/mol. The molecule has 0 bridgehead atoms. The number of hydrogen-bond acceptors (Lipinski definition) is 1. The summed E-state index contributed by atoms with van der Waals surface area (Å²) in [5.74, 6) is 0.0509. The summed E-state index contributed by atoms with van der Waals surface area (Å²) in [6, 6.07) is 10.6. The average molecular weight is 348 g/mol. The quantitative estimate of drug-likeness (QED) is 0.719. The Morgan fingerprint density at radius 1 is 1.05 bits per heavy atom. The molecule has 1 unspecified atom stereocenters. The first-order chi connectivity index (χ1) is 9.97. The average Bonchev–Trinajstić information content (AvgIpc) is 2.45. The van der Waals surface area contributed by atoms with Gasteiger partial charge in [-0.15, -0.1) is 11.6 Å². The summed E-state index contributed by atoms with van der Waals surface area (Å²) in [6.45, 7) is 0. The fourth-order valence-electron chi connectivity index (χ4n) is 2.31. The van der Waals surface area contributed by atoms with Crippen LogP contribution < -0.4 is 0 Å². The predicted octanol–water partition coefficient (Wildman–Crippen LogP) is 5.39. The van der Waals surface area contributed by atoms with E-state index in [9.17, 15) is 9.50 Å². The summed E-state index contributed by atoms with van der Waals surface area (Å²) in [5, 5.41) is 12.0. The van der Waals surface area contributed by atoms with Gasteiger partial charge in [0.1, 0.15) is 11.4 Å². The third-order valence-electron chi connectivity index (χ3n) is 3.37. The lowest BCUT2D eigenvalue weighted by atomic mass is 9.82. The van der Waals surface area contributed by atoms with Gasteiger partial charge in [-0.2, -0.15) is 0 Å². The van der Waals surface area contributed by atoms with Crippen molar-refractivity contribution in [3.63, 3.8) is 0 Å². The summed E-state index contributed by atoms with van der Waals surface area (Å²) in [6.07, 6.45) is 0.970. The molecule has 0 fully saturated rings. The second-order valence-corrected chi connectivity index (χ2v) is 6.01. The van der Waals surface area contributed by atoms with E-state index in [1.54, 1.807) is 30.3 Å². The van der Waals surface area contributed by atoms with Gasteiger partial charge in [-0.3, -0.25) is 0 Å². The molecule has 1 N–H and O–H groups in total. The van der Waals surface area contributed by atoms with Crippen LogP contribution in [0.3, 0.4) is 0 Å². The topological polar surface area (TPSA) is 20.2 Å². The molecule has 0 spiro atoms. The number of halogens is 4. The SMILES string of the molecule is OC(CCCCl)(c1ccc(F)cc1)c1ccc(Cl)cc1Cl. The van der Waals surface area contributed by atoms with Gasteiger partial charge < -0.3 is 5.11 Å². The van der Waals surface area contributed by atoms with Crippen LogP contribution in [0.25, 0.3) is 0 Å². The molecule has 0 heterocycles. The molecule has 2 aromatic rings. The zero-order valence-corrected chi connectivity index (χ0v) is 13.4.